The van der Waals surface area contributed by atoms with Crippen LogP contribution < -0.4 is 5.32 Å². The van der Waals surface area contributed by atoms with E-state index in [9.17, 15) is 14.7 Å². The molecule has 2 N–H and O–H groups in total. The Morgan fingerprint density at radius 2 is 1.82 bits per heavy atom. The molecule has 0 saturated heterocycles. The fourth-order valence-corrected chi connectivity index (χ4v) is 2.14. The van der Waals surface area contributed by atoms with Gasteiger partial charge in [0.1, 0.15) is 11.7 Å². The number of amides is 1. The lowest BCUT2D eigenvalue weighted by molar-refractivity contribution is -0.139. The van der Waals surface area contributed by atoms with Crippen LogP contribution in [0.1, 0.15) is 28.9 Å². The molecule has 2 aromatic rings. The smallest absolute Gasteiger partial charge is 0.326 e. The van der Waals surface area contributed by atoms with Gasteiger partial charge in [0.25, 0.3) is 5.91 Å². The van der Waals surface area contributed by atoms with Gasteiger partial charge in [0, 0.05) is 6.20 Å². The van der Waals surface area contributed by atoms with Gasteiger partial charge in [-0.1, -0.05) is 36.4 Å². The second kappa shape index (κ2) is 7.93. The molecule has 1 aromatic heterocycles. The molecular weight excluding hydrogens is 280 g/mol. The van der Waals surface area contributed by atoms with Gasteiger partial charge in [-0.25, -0.2) is 4.79 Å². The number of nitrogens with zero attached hydrogens (tertiary/aromatic N) is 1. The van der Waals surface area contributed by atoms with Crippen molar-refractivity contribution < 1.29 is 14.7 Å². The summed E-state index contributed by atoms with van der Waals surface area (Å²) in [5.41, 5.74) is 1.37. The van der Waals surface area contributed by atoms with Gasteiger partial charge >= 0.3 is 5.97 Å². The Bertz CT molecular complexity index is 614. The lowest BCUT2D eigenvalue weighted by Gasteiger charge is -2.14. The molecule has 0 spiro atoms. The maximum absolute atomic E-state index is 12.0. The van der Waals surface area contributed by atoms with E-state index in [1.165, 1.54) is 6.20 Å². The van der Waals surface area contributed by atoms with E-state index in [2.05, 4.69) is 10.3 Å². The summed E-state index contributed by atoms with van der Waals surface area (Å²) in [7, 11) is 0. The van der Waals surface area contributed by atoms with E-state index < -0.39 is 17.9 Å². The van der Waals surface area contributed by atoms with Crippen LogP contribution >= 0.6 is 0 Å². The number of pyridine rings is 1. The Morgan fingerprint density at radius 1 is 1.09 bits per heavy atom. The minimum Gasteiger partial charge on any atom is -0.480 e. The molecule has 114 valence electrons. The number of carboxylic acids is 1. The molecule has 0 saturated carbocycles. The fourth-order valence-electron chi connectivity index (χ4n) is 2.14. The van der Waals surface area contributed by atoms with Crippen molar-refractivity contribution in [3.05, 3.63) is 66.0 Å². The number of nitrogens with one attached hydrogen (secondary N) is 1. The number of carbonyl (C=O) groups excluding carboxylic acids is 1. The molecule has 0 radical (unpaired) electrons. The highest BCUT2D eigenvalue weighted by Crippen LogP contribution is 2.07. The van der Waals surface area contributed by atoms with E-state index in [0.717, 1.165) is 12.0 Å². The van der Waals surface area contributed by atoms with Gasteiger partial charge in [0.2, 0.25) is 0 Å². The maximum atomic E-state index is 12.0. The van der Waals surface area contributed by atoms with Crippen LogP contribution in [0.15, 0.2) is 54.7 Å². The second-order valence-electron chi connectivity index (χ2n) is 4.96. The minimum absolute atomic E-state index is 0.219. The van der Waals surface area contributed by atoms with Gasteiger partial charge in [-0.05, 0) is 37.0 Å². The first kappa shape index (κ1) is 15.7. The summed E-state index contributed by atoms with van der Waals surface area (Å²) in [6, 6.07) is 13.9. The summed E-state index contributed by atoms with van der Waals surface area (Å²) in [5.74, 6) is -1.50. The first-order valence-electron chi connectivity index (χ1n) is 7.15. The van der Waals surface area contributed by atoms with Gasteiger partial charge in [0.05, 0.1) is 0 Å². The van der Waals surface area contributed by atoms with Crippen molar-refractivity contribution in [2.24, 2.45) is 0 Å². The Balaban J connectivity index is 1.87. The van der Waals surface area contributed by atoms with E-state index in [4.69, 9.17) is 0 Å². The zero-order chi connectivity index (χ0) is 15.8. The number of carboxylic acid groups (broad SMARTS) is 1. The average Bonchev–Trinajstić information content (AvgIpc) is 2.55. The largest absolute Gasteiger partial charge is 0.480 e. The van der Waals surface area contributed by atoms with E-state index in [1.54, 1.807) is 18.2 Å². The Labute approximate surface area is 129 Å². The molecule has 1 amide bonds. The molecule has 0 aliphatic rings. The summed E-state index contributed by atoms with van der Waals surface area (Å²) in [6.07, 6.45) is 3.34. The normalized spacial score (nSPS) is 11.6. The van der Waals surface area contributed by atoms with Gasteiger partial charge in [-0.2, -0.15) is 0 Å². The highest BCUT2D eigenvalue weighted by Gasteiger charge is 2.20. The van der Waals surface area contributed by atoms with E-state index >= 15 is 0 Å². The third kappa shape index (κ3) is 4.70. The molecule has 5 heteroatoms. The number of rotatable bonds is 7. The predicted octanol–water partition coefficient (Wildman–Crippen LogP) is 2.29. The van der Waals surface area contributed by atoms with Gasteiger partial charge in [-0.15, -0.1) is 0 Å². The van der Waals surface area contributed by atoms with Crippen LogP contribution in [0.5, 0.6) is 0 Å². The van der Waals surface area contributed by atoms with Crippen LogP contribution in [-0.4, -0.2) is 28.0 Å². The summed E-state index contributed by atoms with van der Waals surface area (Å²) < 4.78 is 0. The molecule has 0 aliphatic heterocycles. The predicted molar refractivity (Wildman–Crippen MR) is 82.5 cm³/mol. The number of hydrogen-bond donors (Lipinski definition) is 2. The second-order valence-corrected chi connectivity index (χ2v) is 4.96. The molecule has 0 fully saturated rings. The molecule has 22 heavy (non-hydrogen) atoms. The summed E-state index contributed by atoms with van der Waals surface area (Å²) >= 11 is 0. The monoisotopic (exact) mass is 298 g/mol. The highest BCUT2D eigenvalue weighted by molar-refractivity contribution is 5.94. The minimum atomic E-state index is -1.03. The first-order valence-corrected chi connectivity index (χ1v) is 7.15. The zero-order valence-corrected chi connectivity index (χ0v) is 12.1. The van der Waals surface area contributed by atoms with Crippen LogP contribution in [0.3, 0.4) is 0 Å². The Hall–Kier alpha value is -2.69. The van der Waals surface area contributed by atoms with Gasteiger partial charge < -0.3 is 10.4 Å². The SMILES string of the molecule is O=C(N[C@H](CCCc1ccccc1)C(=O)O)c1ccccn1. The van der Waals surface area contributed by atoms with Crippen molar-refractivity contribution >= 4 is 11.9 Å². The van der Waals surface area contributed by atoms with Crippen molar-refractivity contribution in [3.8, 4) is 0 Å². The Kier molecular flexibility index (Phi) is 5.65. The van der Waals surface area contributed by atoms with Gasteiger partial charge in [0.15, 0.2) is 0 Å². The molecular formula is C17H18N2O3. The molecule has 1 aromatic carbocycles. The molecule has 2 rings (SSSR count). The topological polar surface area (TPSA) is 79.3 Å². The average molecular weight is 298 g/mol. The molecule has 1 heterocycles. The van der Waals surface area contributed by atoms with Crippen LogP contribution in [0.4, 0.5) is 0 Å². The molecule has 5 nitrogen and oxygen atoms in total. The third-order valence-electron chi connectivity index (χ3n) is 3.30. The lowest BCUT2D eigenvalue weighted by atomic mass is 10.0. The van der Waals surface area contributed by atoms with Gasteiger partial charge in [-0.3, -0.25) is 9.78 Å². The van der Waals surface area contributed by atoms with E-state index in [-0.39, 0.29) is 5.69 Å². The number of aromatic nitrogens is 1. The zero-order valence-electron chi connectivity index (χ0n) is 12.1. The Morgan fingerprint density at radius 3 is 2.45 bits per heavy atom. The first-order chi connectivity index (χ1) is 10.7. The van der Waals surface area contributed by atoms with Crippen LogP contribution in [0.2, 0.25) is 0 Å². The van der Waals surface area contributed by atoms with Crippen molar-refractivity contribution in [2.75, 3.05) is 0 Å². The summed E-state index contributed by atoms with van der Waals surface area (Å²) in [4.78, 5) is 27.1. The van der Waals surface area contributed by atoms with Crippen LogP contribution in [0.25, 0.3) is 0 Å². The van der Waals surface area contributed by atoms with Crippen LogP contribution in [-0.2, 0) is 11.2 Å². The third-order valence-corrected chi connectivity index (χ3v) is 3.30. The van der Waals surface area contributed by atoms with Crippen molar-refractivity contribution in [1.29, 1.82) is 0 Å². The summed E-state index contributed by atoms with van der Waals surface area (Å²) in [6.45, 7) is 0. The number of aliphatic carboxylic acids is 1. The molecule has 0 aliphatic carbocycles. The number of hydrogen-bond acceptors (Lipinski definition) is 3. The maximum Gasteiger partial charge on any atom is 0.326 e. The summed E-state index contributed by atoms with van der Waals surface area (Å²) in [5, 5.41) is 11.7. The number of carbonyl (C=O) groups is 2. The quantitative estimate of drug-likeness (QED) is 0.822. The number of aryl methyl sites for hydroxylation is 1. The molecule has 1 atom stereocenters. The van der Waals surface area contributed by atoms with Crippen molar-refractivity contribution in [2.45, 2.75) is 25.3 Å². The highest BCUT2D eigenvalue weighted by atomic mass is 16.4. The standard InChI is InChI=1S/C17H18N2O3/c20-16(14-10-4-5-12-18-14)19-15(17(21)22)11-6-9-13-7-2-1-3-8-13/h1-5,7-8,10,12,15H,6,9,11H2,(H,19,20)(H,21,22)/t15-/m1/s1. The fraction of sp³-hybridized carbons (Fsp3) is 0.235. The lowest BCUT2D eigenvalue weighted by Crippen LogP contribution is -2.41. The molecule has 0 unspecified atom stereocenters. The van der Waals surface area contributed by atoms with E-state index in [0.29, 0.717) is 12.8 Å². The van der Waals surface area contributed by atoms with E-state index in [1.807, 2.05) is 30.3 Å². The van der Waals surface area contributed by atoms with Crippen LogP contribution in [0, 0.1) is 0 Å². The molecule has 0 bridgehead atoms. The number of benzene rings is 1. The van der Waals surface area contributed by atoms with Crippen molar-refractivity contribution in [3.63, 3.8) is 0 Å². The van der Waals surface area contributed by atoms with Crippen molar-refractivity contribution in [1.82, 2.24) is 10.3 Å².